The lowest BCUT2D eigenvalue weighted by Gasteiger charge is -2.15. The van der Waals surface area contributed by atoms with E-state index in [2.05, 4.69) is 15.5 Å². The molecule has 5 heteroatoms. The Morgan fingerprint density at radius 3 is 3.06 bits per heavy atom. The summed E-state index contributed by atoms with van der Waals surface area (Å²) in [6, 6.07) is 0. The number of carbonyl (C=O) groups excluding carboxylic acids is 1. The van der Waals surface area contributed by atoms with E-state index in [-0.39, 0.29) is 5.91 Å². The topological polar surface area (TPSA) is 53.6 Å². The Morgan fingerprint density at radius 2 is 2.35 bits per heavy atom. The van der Waals surface area contributed by atoms with Crippen LogP contribution in [0.1, 0.15) is 12.8 Å². The second kappa shape index (κ2) is 8.44. The van der Waals surface area contributed by atoms with Crippen molar-refractivity contribution in [3.63, 3.8) is 0 Å². The lowest BCUT2D eigenvalue weighted by molar-refractivity contribution is -0.122. The highest BCUT2D eigenvalue weighted by molar-refractivity contribution is 5.78. The van der Waals surface area contributed by atoms with Crippen molar-refractivity contribution in [3.05, 3.63) is 0 Å². The molecule has 1 aliphatic heterocycles. The number of ether oxygens (including phenoxy) is 1. The number of hydrogen-bond donors (Lipinski definition) is 2. The summed E-state index contributed by atoms with van der Waals surface area (Å²) in [6.45, 7) is 5.07. The summed E-state index contributed by atoms with van der Waals surface area (Å²) in [6.07, 6.45) is 2.07. The Morgan fingerprint density at radius 1 is 1.53 bits per heavy atom. The molecule has 0 bridgehead atoms. The zero-order valence-electron chi connectivity index (χ0n) is 11.0. The number of carbonyl (C=O) groups is 1. The van der Waals surface area contributed by atoms with Crippen LogP contribution in [0.15, 0.2) is 0 Å². The third kappa shape index (κ3) is 6.00. The Bertz CT molecular complexity index is 224. The van der Waals surface area contributed by atoms with E-state index in [9.17, 15) is 4.79 Å². The Labute approximate surface area is 104 Å². The molecule has 0 radical (unpaired) electrons. The van der Waals surface area contributed by atoms with Crippen LogP contribution in [-0.2, 0) is 9.53 Å². The van der Waals surface area contributed by atoms with Crippen molar-refractivity contribution in [1.29, 1.82) is 0 Å². The summed E-state index contributed by atoms with van der Waals surface area (Å²) in [4.78, 5) is 13.8. The maximum atomic E-state index is 11.6. The number of amides is 1. The van der Waals surface area contributed by atoms with Gasteiger partial charge in [0.05, 0.1) is 6.54 Å². The van der Waals surface area contributed by atoms with Crippen LogP contribution >= 0.6 is 0 Å². The summed E-state index contributed by atoms with van der Waals surface area (Å²) in [5, 5.41) is 6.11. The zero-order valence-corrected chi connectivity index (χ0v) is 11.0. The molecule has 5 nitrogen and oxygen atoms in total. The van der Waals surface area contributed by atoms with Gasteiger partial charge in [-0.1, -0.05) is 0 Å². The van der Waals surface area contributed by atoms with Crippen LogP contribution in [0.2, 0.25) is 0 Å². The van der Waals surface area contributed by atoms with E-state index in [1.54, 1.807) is 7.11 Å². The molecule has 1 unspecified atom stereocenters. The van der Waals surface area contributed by atoms with Crippen LogP contribution in [-0.4, -0.2) is 64.3 Å². The predicted octanol–water partition coefficient (Wildman–Crippen LogP) is -0.320. The molecule has 100 valence electrons. The zero-order chi connectivity index (χ0) is 12.5. The van der Waals surface area contributed by atoms with E-state index >= 15 is 0 Å². The average molecular weight is 243 g/mol. The average Bonchev–Trinajstić information content (AvgIpc) is 2.73. The summed E-state index contributed by atoms with van der Waals surface area (Å²) >= 11 is 0. The maximum Gasteiger partial charge on any atom is 0.234 e. The number of likely N-dealkylation sites (tertiary alicyclic amines) is 1. The largest absolute Gasteiger partial charge is 0.385 e. The van der Waals surface area contributed by atoms with E-state index in [0.29, 0.717) is 25.6 Å². The van der Waals surface area contributed by atoms with Crippen LogP contribution in [0, 0.1) is 5.92 Å². The van der Waals surface area contributed by atoms with Gasteiger partial charge in [-0.25, -0.2) is 0 Å². The number of hydrogen-bond acceptors (Lipinski definition) is 4. The van der Waals surface area contributed by atoms with Crippen LogP contribution < -0.4 is 10.6 Å². The van der Waals surface area contributed by atoms with E-state index in [0.717, 1.165) is 26.1 Å². The molecule has 17 heavy (non-hydrogen) atoms. The molecule has 0 spiro atoms. The highest BCUT2D eigenvalue weighted by Crippen LogP contribution is 2.14. The minimum atomic E-state index is 0.131. The van der Waals surface area contributed by atoms with E-state index in [4.69, 9.17) is 4.74 Å². The van der Waals surface area contributed by atoms with Crippen molar-refractivity contribution < 1.29 is 9.53 Å². The third-order valence-corrected chi connectivity index (χ3v) is 3.08. The third-order valence-electron chi connectivity index (χ3n) is 3.08. The molecule has 1 fully saturated rings. The maximum absolute atomic E-state index is 11.6. The highest BCUT2D eigenvalue weighted by atomic mass is 16.5. The summed E-state index contributed by atoms with van der Waals surface area (Å²) in [5.41, 5.74) is 0. The van der Waals surface area contributed by atoms with Gasteiger partial charge >= 0.3 is 0 Å². The molecular formula is C12H25N3O2. The lowest BCUT2D eigenvalue weighted by atomic mass is 10.1. The van der Waals surface area contributed by atoms with E-state index < -0.39 is 0 Å². The van der Waals surface area contributed by atoms with Crippen molar-refractivity contribution in [2.75, 3.05) is 53.5 Å². The predicted molar refractivity (Wildman–Crippen MR) is 68.0 cm³/mol. The second-order valence-corrected chi connectivity index (χ2v) is 4.64. The molecule has 2 N–H and O–H groups in total. The standard InChI is InChI=1S/C12H25N3O2/c1-13-8-11-4-6-15(9-11)10-12(16)14-5-3-7-17-2/h11,13H,3-10H2,1-2H3,(H,14,16). The van der Waals surface area contributed by atoms with Gasteiger partial charge in [0.1, 0.15) is 0 Å². The first-order chi connectivity index (χ1) is 8.26. The number of methoxy groups -OCH3 is 1. The molecule has 1 heterocycles. The van der Waals surface area contributed by atoms with Crippen molar-refractivity contribution in [2.45, 2.75) is 12.8 Å². The van der Waals surface area contributed by atoms with Gasteiger partial charge in [0, 0.05) is 26.8 Å². The minimum absolute atomic E-state index is 0.131. The van der Waals surface area contributed by atoms with E-state index in [1.807, 2.05) is 7.05 Å². The van der Waals surface area contributed by atoms with Gasteiger partial charge in [-0.15, -0.1) is 0 Å². The molecule has 0 aliphatic carbocycles. The number of rotatable bonds is 8. The first kappa shape index (κ1) is 14.4. The molecule has 1 amide bonds. The summed E-state index contributed by atoms with van der Waals surface area (Å²) < 4.78 is 4.93. The summed E-state index contributed by atoms with van der Waals surface area (Å²) in [7, 11) is 3.65. The van der Waals surface area contributed by atoms with Crippen molar-refractivity contribution in [2.24, 2.45) is 5.92 Å². The first-order valence-corrected chi connectivity index (χ1v) is 6.39. The van der Waals surface area contributed by atoms with Gasteiger partial charge in [-0.3, -0.25) is 9.69 Å². The number of nitrogens with zero attached hydrogens (tertiary/aromatic N) is 1. The van der Waals surface area contributed by atoms with Crippen molar-refractivity contribution >= 4 is 5.91 Å². The van der Waals surface area contributed by atoms with Gasteiger partial charge < -0.3 is 15.4 Å². The normalized spacial score (nSPS) is 20.7. The SMILES string of the molecule is CNCC1CCN(CC(=O)NCCCOC)C1. The quantitative estimate of drug-likeness (QED) is 0.574. The molecule has 0 aromatic carbocycles. The van der Waals surface area contributed by atoms with Crippen LogP contribution in [0.25, 0.3) is 0 Å². The van der Waals surface area contributed by atoms with Gasteiger partial charge in [-0.2, -0.15) is 0 Å². The fourth-order valence-corrected chi connectivity index (χ4v) is 2.22. The molecular weight excluding hydrogens is 218 g/mol. The van der Waals surface area contributed by atoms with Gasteiger partial charge in [0.15, 0.2) is 0 Å². The molecule has 0 saturated carbocycles. The van der Waals surface area contributed by atoms with Gasteiger partial charge in [-0.05, 0) is 38.9 Å². The molecule has 1 saturated heterocycles. The smallest absolute Gasteiger partial charge is 0.234 e. The van der Waals surface area contributed by atoms with Gasteiger partial charge in [0.2, 0.25) is 5.91 Å². The monoisotopic (exact) mass is 243 g/mol. The molecule has 1 rings (SSSR count). The number of nitrogens with one attached hydrogen (secondary N) is 2. The van der Waals surface area contributed by atoms with Crippen molar-refractivity contribution in [1.82, 2.24) is 15.5 Å². The first-order valence-electron chi connectivity index (χ1n) is 6.39. The lowest BCUT2D eigenvalue weighted by Crippen LogP contribution is -2.37. The Kier molecular flexibility index (Phi) is 7.16. The minimum Gasteiger partial charge on any atom is -0.385 e. The molecule has 0 aromatic rings. The fourth-order valence-electron chi connectivity index (χ4n) is 2.22. The molecule has 1 atom stereocenters. The molecule has 0 aromatic heterocycles. The highest BCUT2D eigenvalue weighted by Gasteiger charge is 2.22. The Hall–Kier alpha value is -0.650. The van der Waals surface area contributed by atoms with Crippen LogP contribution in [0.4, 0.5) is 0 Å². The van der Waals surface area contributed by atoms with Crippen LogP contribution in [0.5, 0.6) is 0 Å². The van der Waals surface area contributed by atoms with Gasteiger partial charge in [0.25, 0.3) is 0 Å². The van der Waals surface area contributed by atoms with Crippen LogP contribution in [0.3, 0.4) is 0 Å². The molecule has 1 aliphatic rings. The van der Waals surface area contributed by atoms with E-state index in [1.165, 1.54) is 6.42 Å². The Balaban J connectivity index is 2.07. The fraction of sp³-hybridized carbons (Fsp3) is 0.917. The van der Waals surface area contributed by atoms with Crippen molar-refractivity contribution in [3.8, 4) is 0 Å². The summed E-state index contributed by atoms with van der Waals surface area (Å²) in [5.74, 6) is 0.826. The second-order valence-electron chi connectivity index (χ2n) is 4.64.